The van der Waals surface area contributed by atoms with E-state index in [2.05, 4.69) is 15.9 Å². The predicted octanol–water partition coefficient (Wildman–Crippen LogP) is 4.19. The van der Waals surface area contributed by atoms with Gasteiger partial charge < -0.3 is 9.84 Å². The molecule has 0 aliphatic heterocycles. The van der Waals surface area contributed by atoms with Gasteiger partial charge in [-0.25, -0.2) is 0 Å². The molecule has 3 heteroatoms. The fourth-order valence-corrected chi connectivity index (χ4v) is 4.59. The number of methoxy groups -OCH3 is 1. The molecule has 4 unspecified atom stereocenters. The lowest BCUT2D eigenvalue weighted by molar-refractivity contribution is 0.124. The lowest BCUT2D eigenvalue weighted by atomic mass is 9.84. The molecule has 2 fully saturated rings. The predicted molar refractivity (Wildman–Crippen MR) is 84.0 cm³/mol. The van der Waals surface area contributed by atoms with Gasteiger partial charge in [-0.1, -0.05) is 22.4 Å². The average molecular weight is 339 g/mol. The monoisotopic (exact) mass is 338 g/mol. The zero-order valence-electron chi connectivity index (χ0n) is 12.0. The quantitative estimate of drug-likeness (QED) is 0.872. The van der Waals surface area contributed by atoms with Crippen molar-refractivity contribution in [2.75, 3.05) is 7.11 Å². The van der Waals surface area contributed by atoms with Crippen molar-refractivity contribution in [3.8, 4) is 5.75 Å². The summed E-state index contributed by atoms with van der Waals surface area (Å²) in [6.45, 7) is 0. The first-order valence-electron chi connectivity index (χ1n) is 7.66. The average Bonchev–Trinajstić information content (AvgIpc) is 3.03. The Labute approximate surface area is 129 Å². The molecule has 2 bridgehead atoms. The fourth-order valence-electron chi connectivity index (χ4n) is 4.19. The number of halogens is 1. The van der Waals surface area contributed by atoms with Crippen molar-refractivity contribution < 1.29 is 9.84 Å². The van der Waals surface area contributed by atoms with Crippen molar-refractivity contribution >= 4 is 15.9 Å². The van der Waals surface area contributed by atoms with E-state index in [1.807, 2.05) is 18.2 Å². The summed E-state index contributed by atoms with van der Waals surface area (Å²) in [5.74, 6) is 3.47. The van der Waals surface area contributed by atoms with Gasteiger partial charge in [0.25, 0.3) is 0 Å². The van der Waals surface area contributed by atoms with Gasteiger partial charge in [0.05, 0.1) is 13.2 Å². The lowest BCUT2D eigenvalue weighted by Gasteiger charge is -2.24. The van der Waals surface area contributed by atoms with Gasteiger partial charge in [-0.3, -0.25) is 0 Å². The second kappa shape index (κ2) is 6.07. The number of hydrogen-bond donors (Lipinski definition) is 1. The highest BCUT2D eigenvalue weighted by Gasteiger charge is 2.39. The van der Waals surface area contributed by atoms with Crippen LogP contribution in [0.25, 0.3) is 0 Å². The van der Waals surface area contributed by atoms with Gasteiger partial charge >= 0.3 is 0 Å². The second-order valence-corrected chi connectivity index (χ2v) is 7.34. The van der Waals surface area contributed by atoms with Crippen molar-refractivity contribution in [2.45, 2.75) is 44.6 Å². The van der Waals surface area contributed by atoms with E-state index in [0.717, 1.165) is 40.0 Å². The molecule has 2 saturated carbocycles. The van der Waals surface area contributed by atoms with Crippen LogP contribution in [0.1, 0.15) is 37.7 Å². The number of aliphatic hydroxyl groups excluding tert-OH is 1. The summed E-state index contributed by atoms with van der Waals surface area (Å²) >= 11 is 3.57. The SMILES string of the molecule is COc1ccc(Br)c(CC(O)CC2CC3CCC2C3)c1. The first kappa shape index (κ1) is 14.4. The molecular formula is C17H23BrO2. The summed E-state index contributed by atoms with van der Waals surface area (Å²) in [6, 6.07) is 5.96. The molecule has 3 rings (SSSR count). The van der Waals surface area contributed by atoms with Crippen molar-refractivity contribution in [3.05, 3.63) is 28.2 Å². The number of fused-ring (bicyclic) bond motifs is 2. The van der Waals surface area contributed by atoms with Gasteiger partial charge in [-0.05, 0) is 73.6 Å². The van der Waals surface area contributed by atoms with E-state index in [9.17, 15) is 5.11 Å². The molecule has 0 radical (unpaired) electrons. The molecule has 20 heavy (non-hydrogen) atoms. The number of ether oxygens (including phenoxy) is 1. The van der Waals surface area contributed by atoms with Crippen LogP contribution in [0.2, 0.25) is 0 Å². The Bertz CT molecular complexity index is 474. The zero-order chi connectivity index (χ0) is 14.1. The Morgan fingerprint density at radius 2 is 2.20 bits per heavy atom. The summed E-state index contributed by atoms with van der Waals surface area (Å²) in [5, 5.41) is 10.4. The van der Waals surface area contributed by atoms with Crippen molar-refractivity contribution in [2.24, 2.45) is 17.8 Å². The first-order chi connectivity index (χ1) is 9.65. The molecule has 1 aromatic carbocycles. The van der Waals surface area contributed by atoms with E-state index in [0.29, 0.717) is 6.42 Å². The molecule has 0 aromatic heterocycles. The summed E-state index contributed by atoms with van der Waals surface area (Å²) in [7, 11) is 1.68. The molecule has 0 saturated heterocycles. The van der Waals surface area contributed by atoms with E-state index >= 15 is 0 Å². The van der Waals surface area contributed by atoms with Gasteiger partial charge in [-0.15, -0.1) is 0 Å². The Balaban J connectivity index is 1.60. The molecule has 110 valence electrons. The second-order valence-electron chi connectivity index (χ2n) is 6.49. The molecule has 2 nitrogen and oxygen atoms in total. The van der Waals surface area contributed by atoms with Gasteiger partial charge in [0.2, 0.25) is 0 Å². The molecular weight excluding hydrogens is 316 g/mol. The standard InChI is InChI=1S/C17H23BrO2/c1-20-16-4-5-17(18)14(10-16)9-15(19)8-13-7-11-2-3-12(13)6-11/h4-5,10-13,15,19H,2-3,6-9H2,1H3. The molecule has 1 N–H and O–H groups in total. The smallest absolute Gasteiger partial charge is 0.119 e. The minimum absolute atomic E-state index is 0.234. The summed E-state index contributed by atoms with van der Waals surface area (Å²) in [5.41, 5.74) is 1.14. The largest absolute Gasteiger partial charge is 0.497 e. The highest BCUT2D eigenvalue weighted by molar-refractivity contribution is 9.10. The Morgan fingerprint density at radius 3 is 2.85 bits per heavy atom. The van der Waals surface area contributed by atoms with Gasteiger partial charge in [0, 0.05) is 4.47 Å². The van der Waals surface area contributed by atoms with Crippen LogP contribution in [0.3, 0.4) is 0 Å². The van der Waals surface area contributed by atoms with Crippen LogP contribution in [0.5, 0.6) is 5.75 Å². The summed E-state index contributed by atoms with van der Waals surface area (Å²) < 4.78 is 6.32. The van der Waals surface area contributed by atoms with Crippen LogP contribution in [0, 0.1) is 17.8 Å². The number of rotatable bonds is 5. The Kier molecular flexibility index (Phi) is 4.37. The zero-order valence-corrected chi connectivity index (χ0v) is 13.6. The van der Waals surface area contributed by atoms with E-state index in [4.69, 9.17) is 4.74 Å². The highest BCUT2D eigenvalue weighted by Crippen LogP contribution is 2.50. The van der Waals surface area contributed by atoms with Crippen molar-refractivity contribution in [1.82, 2.24) is 0 Å². The molecule has 0 heterocycles. The minimum atomic E-state index is -0.234. The van der Waals surface area contributed by atoms with Crippen LogP contribution < -0.4 is 4.74 Å². The Hall–Kier alpha value is -0.540. The molecule has 2 aliphatic carbocycles. The number of benzene rings is 1. The topological polar surface area (TPSA) is 29.5 Å². The van der Waals surface area contributed by atoms with Crippen molar-refractivity contribution in [3.63, 3.8) is 0 Å². The van der Waals surface area contributed by atoms with Crippen LogP contribution in [-0.4, -0.2) is 18.3 Å². The minimum Gasteiger partial charge on any atom is -0.497 e. The van der Waals surface area contributed by atoms with Crippen LogP contribution in [-0.2, 0) is 6.42 Å². The van der Waals surface area contributed by atoms with Crippen molar-refractivity contribution in [1.29, 1.82) is 0 Å². The molecule has 0 amide bonds. The normalized spacial score (nSPS) is 29.6. The number of aliphatic hydroxyl groups is 1. The maximum Gasteiger partial charge on any atom is 0.119 e. The van der Waals surface area contributed by atoms with Crippen LogP contribution in [0.4, 0.5) is 0 Å². The van der Waals surface area contributed by atoms with E-state index in [1.54, 1.807) is 7.11 Å². The van der Waals surface area contributed by atoms with Gasteiger partial charge in [-0.2, -0.15) is 0 Å². The molecule has 1 aromatic rings. The van der Waals surface area contributed by atoms with Gasteiger partial charge in [0.1, 0.15) is 5.75 Å². The molecule has 2 aliphatic rings. The Morgan fingerprint density at radius 1 is 1.35 bits per heavy atom. The van der Waals surface area contributed by atoms with E-state index in [1.165, 1.54) is 25.7 Å². The van der Waals surface area contributed by atoms with Crippen LogP contribution >= 0.6 is 15.9 Å². The highest BCUT2D eigenvalue weighted by atomic mass is 79.9. The third kappa shape index (κ3) is 3.04. The molecule has 4 atom stereocenters. The first-order valence-corrected chi connectivity index (χ1v) is 8.45. The van der Waals surface area contributed by atoms with E-state index in [-0.39, 0.29) is 6.10 Å². The third-order valence-corrected chi connectivity index (χ3v) is 5.94. The number of hydrogen-bond acceptors (Lipinski definition) is 2. The summed E-state index contributed by atoms with van der Waals surface area (Å²) in [4.78, 5) is 0. The van der Waals surface area contributed by atoms with Gasteiger partial charge in [0.15, 0.2) is 0 Å². The fraction of sp³-hybridized carbons (Fsp3) is 0.647. The summed E-state index contributed by atoms with van der Waals surface area (Å²) in [6.07, 6.45) is 7.03. The third-order valence-electron chi connectivity index (χ3n) is 5.17. The van der Waals surface area contributed by atoms with E-state index < -0.39 is 0 Å². The van der Waals surface area contributed by atoms with Crippen LogP contribution in [0.15, 0.2) is 22.7 Å². The maximum atomic E-state index is 10.4. The maximum absolute atomic E-state index is 10.4. The molecule has 0 spiro atoms. The lowest BCUT2D eigenvalue weighted by Crippen LogP contribution is -2.20.